The van der Waals surface area contributed by atoms with Gasteiger partial charge >= 0.3 is 0 Å². The Hall–Kier alpha value is -3.72. The Balaban J connectivity index is 1.71. The number of sulfonamides is 1. The second kappa shape index (κ2) is 9.61. The van der Waals surface area contributed by atoms with E-state index in [1.165, 1.54) is 36.4 Å². The Morgan fingerprint density at radius 1 is 0.875 bits per heavy atom. The summed E-state index contributed by atoms with van der Waals surface area (Å²) in [5, 5.41) is 5.53. The van der Waals surface area contributed by atoms with Crippen molar-refractivity contribution < 1.29 is 22.4 Å². The van der Waals surface area contributed by atoms with Gasteiger partial charge in [-0.25, -0.2) is 12.8 Å². The molecule has 32 heavy (non-hydrogen) atoms. The first-order valence-corrected chi connectivity index (χ1v) is 11.3. The number of rotatable bonds is 7. The summed E-state index contributed by atoms with van der Waals surface area (Å²) < 4.78 is 40.2. The van der Waals surface area contributed by atoms with Gasteiger partial charge in [0.15, 0.2) is 0 Å². The molecule has 9 heteroatoms. The summed E-state index contributed by atoms with van der Waals surface area (Å²) in [6, 6.07) is 15.5. The fourth-order valence-corrected chi connectivity index (χ4v) is 3.85. The molecule has 0 aliphatic carbocycles. The summed E-state index contributed by atoms with van der Waals surface area (Å²) in [4.78, 5) is 24.1. The van der Waals surface area contributed by atoms with E-state index in [0.717, 1.165) is 17.7 Å². The Morgan fingerprint density at radius 3 is 2.12 bits per heavy atom. The molecule has 0 spiro atoms. The number of hydrogen-bond acceptors (Lipinski definition) is 4. The van der Waals surface area contributed by atoms with Crippen LogP contribution >= 0.6 is 0 Å². The lowest BCUT2D eigenvalue weighted by Gasteiger charge is -2.12. The van der Waals surface area contributed by atoms with Crippen LogP contribution in [0.3, 0.4) is 0 Å². The zero-order chi connectivity index (χ0) is 23.3. The van der Waals surface area contributed by atoms with E-state index in [0.29, 0.717) is 23.4 Å². The van der Waals surface area contributed by atoms with Crippen LogP contribution in [0.4, 0.5) is 21.5 Å². The average molecular weight is 456 g/mol. The van der Waals surface area contributed by atoms with Crippen molar-refractivity contribution in [2.75, 3.05) is 15.4 Å². The van der Waals surface area contributed by atoms with Gasteiger partial charge in [-0.3, -0.25) is 14.3 Å². The van der Waals surface area contributed by atoms with Crippen LogP contribution in [0, 0.1) is 12.7 Å². The maximum Gasteiger partial charge on any atom is 0.261 e. The van der Waals surface area contributed by atoms with Crippen LogP contribution in [0.25, 0.3) is 0 Å². The van der Waals surface area contributed by atoms with E-state index in [4.69, 9.17) is 0 Å². The number of carbonyl (C=O) groups is 2. The zero-order valence-corrected chi connectivity index (χ0v) is 18.3. The lowest BCUT2D eigenvalue weighted by Crippen LogP contribution is -2.15. The van der Waals surface area contributed by atoms with Crippen molar-refractivity contribution in [2.24, 2.45) is 0 Å². The quantitative estimate of drug-likeness (QED) is 0.487. The van der Waals surface area contributed by atoms with E-state index in [1.807, 2.05) is 6.92 Å². The summed E-state index contributed by atoms with van der Waals surface area (Å²) in [7, 11) is -3.89. The predicted octanol–water partition coefficient (Wildman–Crippen LogP) is 4.54. The summed E-state index contributed by atoms with van der Waals surface area (Å²) in [5.74, 6) is -1.06. The monoisotopic (exact) mass is 455 g/mol. The van der Waals surface area contributed by atoms with E-state index in [-0.39, 0.29) is 22.4 Å². The third-order valence-electron chi connectivity index (χ3n) is 4.61. The molecule has 0 fully saturated rings. The molecule has 0 saturated carbocycles. The van der Waals surface area contributed by atoms with E-state index in [1.54, 1.807) is 25.1 Å². The first-order valence-electron chi connectivity index (χ1n) is 9.78. The van der Waals surface area contributed by atoms with Gasteiger partial charge in [-0.15, -0.1) is 0 Å². The summed E-state index contributed by atoms with van der Waals surface area (Å²) in [6.45, 7) is 3.57. The van der Waals surface area contributed by atoms with Crippen molar-refractivity contribution >= 4 is 38.9 Å². The number of amides is 2. The van der Waals surface area contributed by atoms with Crippen molar-refractivity contribution in [3.05, 3.63) is 83.7 Å². The molecule has 3 aromatic carbocycles. The van der Waals surface area contributed by atoms with Gasteiger partial charge in [0, 0.05) is 29.0 Å². The highest BCUT2D eigenvalue weighted by Gasteiger charge is 2.15. The number of halogens is 1. The lowest BCUT2D eigenvalue weighted by atomic mass is 10.1. The maximum atomic E-state index is 13.0. The SMILES string of the molecule is CCC(=O)Nc1ccc(C)c(NC(=O)c2ccc(NS(=O)(=O)c3ccc(F)cc3)cc2)c1. The molecule has 0 aliphatic rings. The van der Waals surface area contributed by atoms with Crippen LogP contribution in [0.15, 0.2) is 71.6 Å². The fourth-order valence-electron chi connectivity index (χ4n) is 2.80. The average Bonchev–Trinajstić information content (AvgIpc) is 2.76. The van der Waals surface area contributed by atoms with Gasteiger partial charge in [0.25, 0.3) is 15.9 Å². The molecule has 0 bridgehead atoms. The number of hydrogen-bond donors (Lipinski definition) is 3. The van der Waals surface area contributed by atoms with Gasteiger partial charge in [0.2, 0.25) is 5.91 Å². The van der Waals surface area contributed by atoms with Crippen LogP contribution in [-0.4, -0.2) is 20.2 Å². The van der Waals surface area contributed by atoms with Crippen molar-refractivity contribution in [3.63, 3.8) is 0 Å². The van der Waals surface area contributed by atoms with Gasteiger partial charge in [0.1, 0.15) is 5.82 Å². The van der Waals surface area contributed by atoms with E-state index in [9.17, 15) is 22.4 Å². The van der Waals surface area contributed by atoms with E-state index >= 15 is 0 Å². The molecule has 166 valence electrons. The van der Waals surface area contributed by atoms with Crippen molar-refractivity contribution in [1.82, 2.24) is 0 Å². The Bertz CT molecular complexity index is 1240. The first-order chi connectivity index (χ1) is 15.2. The van der Waals surface area contributed by atoms with Gasteiger partial charge in [-0.1, -0.05) is 13.0 Å². The van der Waals surface area contributed by atoms with Gasteiger partial charge in [-0.2, -0.15) is 0 Å². The van der Waals surface area contributed by atoms with Crippen LogP contribution in [-0.2, 0) is 14.8 Å². The zero-order valence-electron chi connectivity index (χ0n) is 17.5. The van der Waals surface area contributed by atoms with Gasteiger partial charge in [0.05, 0.1) is 4.90 Å². The Kier molecular flexibility index (Phi) is 6.89. The van der Waals surface area contributed by atoms with Crippen molar-refractivity contribution in [2.45, 2.75) is 25.2 Å². The molecular weight excluding hydrogens is 433 g/mol. The summed E-state index contributed by atoms with van der Waals surface area (Å²) >= 11 is 0. The van der Waals surface area contributed by atoms with Gasteiger partial charge < -0.3 is 10.6 Å². The normalized spacial score (nSPS) is 11.0. The number of nitrogens with one attached hydrogen (secondary N) is 3. The minimum atomic E-state index is -3.89. The van der Waals surface area contributed by atoms with Crippen LogP contribution in [0.5, 0.6) is 0 Å². The number of carbonyl (C=O) groups excluding carboxylic acids is 2. The highest BCUT2D eigenvalue weighted by molar-refractivity contribution is 7.92. The van der Waals surface area contributed by atoms with Crippen LogP contribution in [0.2, 0.25) is 0 Å². The molecular formula is C23H22FN3O4S. The fraction of sp³-hybridized carbons (Fsp3) is 0.130. The Labute approximate surface area is 185 Å². The summed E-state index contributed by atoms with van der Waals surface area (Å²) in [5.41, 5.74) is 2.51. The number of benzene rings is 3. The second-order valence-electron chi connectivity index (χ2n) is 7.02. The molecule has 3 rings (SSSR count). The summed E-state index contributed by atoms with van der Waals surface area (Å²) in [6.07, 6.45) is 0.340. The second-order valence-corrected chi connectivity index (χ2v) is 8.70. The minimum Gasteiger partial charge on any atom is -0.326 e. The Morgan fingerprint density at radius 2 is 1.50 bits per heavy atom. The molecule has 7 nitrogen and oxygen atoms in total. The third-order valence-corrected chi connectivity index (χ3v) is 6.01. The third kappa shape index (κ3) is 5.70. The lowest BCUT2D eigenvalue weighted by molar-refractivity contribution is -0.115. The molecule has 0 aromatic heterocycles. The molecule has 0 heterocycles. The smallest absolute Gasteiger partial charge is 0.261 e. The highest BCUT2D eigenvalue weighted by atomic mass is 32.2. The molecule has 0 aliphatic heterocycles. The van der Waals surface area contributed by atoms with Gasteiger partial charge in [-0.05, 0) is 73.2 Å². The van der Waals surface area contributed by atoms with Crippen LogP contribution < -0.4 is 15.4 Å². The maximum absolute atomic E-state index is 13.0. The van der Waals surface area contributed by atoms with E-state index in [2.05, 4.69) is 15.4 Å². The van der Waals surface area contributed by atoms with Crippen LogP contribution in [0.1, 0.15) is 29.3 Å². The molecule has 0 unspecified atom stereocenters. The topological polar surface area (TPSA) is 104 Å². The van der Waals surface area contributed by atoms with Crippen molar-refractivity contribution in [3.8, 4) is 0 Å². The number of anilines is 3. The molecule has 3 aromatic rings. The predicted molar refractivity (Wildman–Crippen MR) is 122 cm³/mol. The molecule has 0 saturated heterocycles. The van der Waals surface area contributed by atoms with E-state index < -0.39 is 15.8 Å². The largest absolute Gasteiger partial charge is 0.326 e. The molecule has 0 radical (unpaired) electrons. The van der Waals surface area contributed by atoms with Crippen molar-refractivity contribution in [1.29, 1.82) is 0 Å². The standard InChI is InChI=1S/C23H22FN3O4S/c1-3-22(28)25-19-9-4-15(2)21(14-19)26-23(29)16-5-10-18(11-6-16)27-32(30,31)20-12-7-17(24)8-13-20/h4-14,27H,3H2,1-2H3,(H,25,28)(H,26,29). The number of aryl methyl sites for hydroxylation is 1. The minimum absolute atomic E-state index is 0.0776. The molecule has 3 N–H and O–H groups in total. The molecule has 2 amide bonds. The molecule has 0 atom stereocenters. The highest BCUT2D eigenvalue weighted by Crippen LogP contribution is 2.22. The first kappa shape index (κ1) is 23.0.